The first kappa shape index (κ1) is 21.5. The maximum atomic E-state index is 13.5. The molecule has 0 fully saturated rings. The van der Waals surface area contributed by atoms with Gasteiger partial charge in [0.15, 0.2) is 11.7 Å². The van der Waals surface area contributed by atoms with Gasteiger partial charge in [-0.1, -0.05) is 26.0 Å². The first-order valence-corrected chi connectivity index (χ1v) is 9.36. The van der Waals surface area contributed by atoms with Gasteiger partial charge in [-0.05, 0) is 37.1 Å². The van der Waals surface area contributed by atoms with Gasteiger partial charge in [-0.3, -0.25) is 9.79 Å². The lowest BCUT2D eigenvalue weighted by Gasteiger charge is -2.26. The van der Waals surface area contributed by atoms with E-state index in [2.05, 4.69) is 20.9 Å². The molecule has 1 amide bonds. The number of nitrogens with one attached hydrogen (secondary N) is 3. The number of benzene rings is 1. The standard InChI is InChI=1S/C21H29FN4O2/c1-15-9-12-28-18(15)19(27)24-10-6-11-25-20(23-4)26-14-21(2,3)16-7-5-8-17(22)13-16/h5,7-9,12-13H,6,10-11,14H2,1-4H3,(H,24,27)(H2,23,25,26). The van der Waals surface area contributed by atoms with Crippen LogP contribution in [0.1, 0.15) is 41.9 Å². The maximum absolute atomic E-state index is 13.5. The Hall–Kier alpha value is -2.83. The Labute approximate surface area is 165 Å². The smallest absolute Gasteiger partial charge is 0.287 e. The van der Waals surface area contributed by atoms with E-state index in [1.54, 1.807) is 25.2 Å². The molecule has 7 heteroatoms. The van der Waals surface area contributed by atoms with Crippen LogP contribution >= 0.6 is 0 Å². The van der Waals surface area contributed by atoms with Crippen molar-refractivity contribution in [1.82, 2.24) is 16.0 Å². The highest BCUT2D eigenvalue weighted by Crippen LogP contribution is 2.22. The summed E-state index contributed by atoms with van der Waals surface area (Å²) in [5.41, 5.74) is 1.49. The van der Waals surface area contributed by atoms with Crippen LogP contribution in [0.5, 0.6) is 0 Å². The van der Waals surface area contributed by atoms with Crippen LogP contribution in [0.4, 0.5) is 4.39 Å². The molecule has 28 heavy (non-hydrogen) atoms. The Morgan fingerprint density at radius 3 is 2.57 bits per heavy atom. The van der Waals surface area contributed by atoms with Crippen LogP contribution in [0.3, 0.4) is 0 Å². The molecule has 0 aliphatic heterocycles. The predicted octanol–water partition coefficient (Wildman–Crippen LogP) is 2.99. The van der Waals surface area contributed by atoms with Crippen molar-refractivity contribution in [3.8, 4) is 0 Å². The van der Waals surface area contributed by atoms with Crippen LogP contribution in [0.25, 0.3) is 0 Å². The van der Waals surface area contributed by atoms with Crippen LogP contribution in [0, 0.1) is 12.7 Å². The monoisotopic (exact) mass is 388 g/mol. The van der Waals surface area contributed by atoms with E-state index in [0.29, 0.717) is 31.4 Å². The SMILES string of the molecule is CN=C(NCCCNC(=O)c1occc1C)NCC(C)(C)c1cccc(F)c1. The van der Waals surface area contributed by atoms with Crippen LogP contribution in [0.2, 0.25) is 0 Å². The molecule has 0 atom stereocenters. The molecule has 1 aromatic heterocycles. The second-order valence-corrected chi connectivity index (χ2v) is 7.29. The lowest BCUT2D eigenvalue weighted by atomic mass is 9.84. The van der Waals surface area contributed by atoms with E-state index in [9.17, 15) is 9.18 Å². The van der Waals surface area contributed by atoms with E-state index >= 15 is 0 Å². The van der Waals surface area contributed by atoms with E-state index in [1.165, 1.54) is 12.3 Å². The van der Waals surface area contributed by atoms with Gasteiger partial charge in [-0.15, -0.1) is 0 Å². The number of halogens is 1. The van der Waals surface area contributed by atoms with E-state index in [-0.39, 0.29) is 17.1 Å². The second-order valence-electron chi connectivity index (χ2n) is 7.29. The number of amides is 1. The number of hydrogen-bond donors (Lipinski definition) is 3. The number of carbonyl (C=O) groups excluding carboxylic acids is 1. The zero-order valence-corrected chi connectivity index (χ0v) is 16.9. The highest BCUT2D eigenvalue weighted by Gasteiger charge is 2.21. The summed E-state index contributed by atoms with van der Waals surface area (Å²) in [4.78, 5) is 16.2. The highest BCUT2D eigenvalue weighted by atomic mass is 19.1. The van der Waals surface area contributed by atoms with Crippen LogP contribution in [-0.2, 0) is 5.41 Å². The molecular formula is C21H29FN4O2. The average Bonchev–Trinajstić information content (AvgIpc) is 3.10. The molecule has 0 saturated heterocycles. The zero-order chi connectivity index (χ0) is 20.6. The number of hydrogen-bond acceptors (Lipinski definition) is 3. The molecule has 0 aliphatic carbocycles. The van der Waals surface area contributed by atoms with Crippen LogP contribution in [0.15, 0.2) is 46.0 Å². The number of carbonyl (C=O) groups is 1. The summed E-state index contributed by atoms with van der Waals surface area (Å²) in [6.45, 7) is 7.71. The molecule has 0 radical (unpaired) electrons. The summed E-state index contributed by atoms with van der Waals surface area (Å²) in [5.74, 6) is 0.574. The number of guanidine groups is 1. The third-order valence-corrected chi connectivity index (χ3v) is 4.53. The number of furan rings is 1. The summed E-state index contributed by atoms with van der Waals surface area (Å²) >= 11 is 0. The van der Waals surface area contributed by atoms with Crippen molar-refractivity contribution in [1.29, 1.82) is 0 Å². The Balaban J connectivity index is 1.71. The second kappa shape index (κ2) is 9.92. The summed E-state index contributed by atoms with van der Waals surface area (Å²) in [6, 6.07) is 8.40. The van der Waals surface area contributed by atoms with Crippen molar-refractivity contribution in [2.45, 2.75) is 32.6 Å². The van der Waals surface area contributed by atoms with E-state index < -0.39 is 0 Å². The third kappa shape index (κ3) is 6.11. The van der Waals surface area contributed by atoms with Crippen molar-refractivity contribution in [3.05, 3.63) is 59.3 Å². The lowest BCUT2D eigenvalue weighted by Crippen LogP contribution is -2.44. The summed E-state index contributed by atoms with van der Waals surface area (Å²) < 4.78 is 18.6. The Morgan fingerprint density at radius 2 is 1.93 bits per heavy atom. The van der Waals surface area contributed by atoms with E-state index in [0.717, 1.165) is 17.5 Å². The number of aliphatic imine (C=N–C) groups is 1. The fourth-order valence-electron chi connectivity index (χ4n) is 2.72. The van der Waals surface area contributed by atoms with Crippen molar-refractivity contribution >= 4 is 11.9 Å². The van der Waals surface area contributed by atoms with Gasteiger partial charge in [-0.2, -0.15) is 0 Å². The molecule has 0 bridgehead atoms. The van der Waals surface area contributed by atoms with E-state index in [1.807, 2.05) is 26.8 Å². The average molecular weight is 388 g/mol. The zero-order valence-electron chi connectivity index (χ0n) is 16.9. The molecule has 1 aromatic carbocycles. The Kier molecular flexibility index (Phi) is 7.61. The molecule has 0 spiro atoms. The Morgan fingerprint density at radius 1 is 1.18 bits per heavy atom. The molecule has 3 N–H and O–H groups in total. The molecule has 1 heterocycles. The van der Waals surface area contributed by atoms with Gasteiger partial charge >= 0.3 is 0 Å². The number of rotatable bonds is 8. The van der Waals surface area contributed by atoms with Gasteiger partial charge in [0, 0.05) is 37.7 Å². The minimum absolute atomic E-state index is 0.207. The molecule has 6 nitrogen and oxygen atoms in total. The van der Waals surface area contributed by atoms with E-state index in [4.69, 9.17) is 4.42 Å². The molecule has 0 aliphatic rings. The largest absolute Gasteiger partial charge is 0.459 e. The van der Waals surface area contributed by atoms with Crippen molar-refractivity contribution in [2.75, 3.05) is 26.7 Å². The first-order chi connectivity index (χ1) is 13.3. The molecule has 2 aromatic rings. The predicted molar refractivity (Wildman–Crippen MR) is 109 cm³/mol. The number of nitrogens with zero attached hydrogens (tertiary/aromatic N) is 1. The third-order valence-electron chi connectivity index (χ3n) is 4.53. The van der Waals surface area contributed by atoms with Gasteiger partial charge in [0.05, 0.1) is 6.26 Å². The fraction of sp³-hybridized carbons (Fsp3) is 0.429. The van der Waals surface area contributed by atoms with Gasteiger partial charge in [-0.25, -0.2) is 4.39 Å². The molecule has 0 unspecified atom stereocenters. The maximum Gasteiger partial charge on any atom is 0.287 e. The minimum Gasteiger partial charge on any atom is -0.459 e. The molecule has 2 rings (SSSR count). The summed E-state index contributed by atoms with van der Waals surface area (Å²) in [6.07, 6.45) is 2.24. The van der Waals surface area contributed by atoms with Crippen molar-refractivity contribution in [2.24, 2.45) is 4.99 Å². The normalized spacial score (nSPS) is 12.0. The topological polar surface area (TPSA) is 78.7 Å². The van der Waals surface area contributed by atoms with Crippen LogP contribution < -0.4 is 16.0 Å². The van der Waals surface area contributed by atoms with Crippen molar-refractivity contribution in [3.63, 3.8) is 0 Å². The quantitative estimate of drug-likeness (QED) is 0.369. The highest BCUT2D eigenvalue weighted by molar-refractivity contribution is 5.92. The van der Waals surface area contributed by atoms with Gasteiger partial charge in [0.2, 0.25) is 0 Å². The number of aryl methyl sites for hydroxylation is 1. The van der Waals surface area contributed by atoms with Crippen LogP contribution in [-0.4, -0.2) is 38.5 Å². The minimum atomic E-state index is -0.255. The molecular weight excluding hydrogens is 359 g/mol. The molecule has 152 valence electrons. The summed E-state index contributed by atoms with van der Waals surface area (Å²) in [5, 5.41) is 9.32. The summed E-state index contributed by atoms with van der Waals surface area (Å²) in [7, 11) is 1.70. The fourth-order valence-corrected chi connectivity index (χ4v) is 2.72. The van der Waals surface area contributed by atoms with Gasteiger partial charge < -0.3 is 20.4 Å². The Bertz CT molecular complexity index is 814. The first-order valence-electron chi connectivity index (χ1n) is 9.36. The lowest BCUT2D eigenvalue weighted by molar-refractivity contribution is 0.0925. The van der Waals surface area contributed by atoms with Crippen molar-refractivity contribution < 1.29 is 13.6 Å². The van der Waals surface area contributed by atoms with Gasteiger partial charge in [0.1, 0.15) is 5.82 Å². The van der Waals surface area contributed by atoms with Gasteiger partial charge in [0.25, 0.3) is 5.91 Å². The molecule has 0 saturated carbocycles.